The molecule has 1 aliphatic carbocycles. The van der Waals surface area contributed by atoms with E-state index < -0.39 is 0 Å². The number of nitrogens with one attached hydrogen (secondary N) is 1. The molecule has 2 unspecified atom stereocenters. The molecule has 80 valence electrons. The Morgan fingerprint density at radius 1 is 1.50 bits per heavy atom. The average Bonchev–Trinajstić information content (AvgIpc) is 2.63. The van der Waals surface area contributed by atoms with E-state index in [9.17, 15) is 0 Å². The maximum absolute atomic E-state index is 5.42. The highest BCUT2D eigenvalue weighted by Crippen LogP contribution is 2.24. The third-order valence-electron chi connectivity index (χ3n) is 3.44. The summed E-state index contributed by atoms with van der Waals surface area (Å²) >= 11 is 0. The molecule has 2 heteroatoms. The van der Waals surface area contributed by atoms with Crippen LogP contribution >= 0.6 is 0 Å². The summed E-state index contributed by atoms with van der Waals surface area (Å²) < 4.78 is 5.42. The Balaban J connectivity index is 1.73. The Morgan fingerprint density at radius 3 is 3.07 bits per heavy atom. The van der Waals surface area contributed by atoms with Crippen molar-refractivity contribution in [2.24, 2.45) is 5.92 Å². The van der Waals surface area contributed by atoms with E-state index in [1.165, 1.54) is 24.8 Å². The van der Waals surface area contributed by atoms with E-state index in [-0.39, 0.29) is 0 Å². The van der Waals surface area contributed by atoms with Crippen molar-refractivity contribution in [3.05, 3.63) is 11.6 Å². The lowest BCUT2D eigenvalue weighted by atomic mass is 10.1. The monoisotopic (exact) mass is 195 g/mol. The van der Waals surface area contributed by atoms with Crippen molar-refractivity contribution in [1.29, 1.82) is 0 Å². The third-order valence-corrected chi connectivity index (χ3v) is 3.44. The third kappa shape index (κ3) is 2.58. The summed E-state index contributed by atoms with van der Waals surface area (Å²) in [6.45, 7) is 5.14. The van der Waals surface area contributed by atoms with Crippen LogP contribution in [0, 0.1) is 5.92 Å². The largest absolute Gasteiger partial charge is 0.377 e. The van der Waals surface area contributed by atoms with E-state index in [4.69, 9.17) is 4.74 Å². The normalized spacial score (nSPS) is 33.1. The Labute approximate surface area is 86.7 Å². The zero-order chi connectivity index (χ0) is 9.80. The second kappa shape index (κ2) is 4.94. The molecular weight excluding hydrogens is 174 g/mol. The Morgan fingerprint density at radius 2 is 2.43 bits per heavy atom. The SMILES string of the molecule is CC1CCCC1NCC1=CCCOC1. The number of rotatable bonds is 3. The molecule has 0 amide bonds. The molecule has 1 fully saturated rings. The van der Waals surface area contributed by atoms with Crippen LogP contribution in [-0.2, 0) is 4.74 Å². The smallest absolute Gasteiger partial charge is 0.0689 e. The van der Waals surface area contributed by atoms with Crippen LogP contribution in [0.5, 0.6) is 0 Å². The van der Waals surface area contributed by atoms with E-state index in [0.29, 0.717) is 0 Å². The molecule has 1 N–H and O–H groups in total. The van der Waals surface area contributed by atoms with Crippen LogP contribution in [0.3, 0.4) is 0 Å². The first-order valence-corrected chi connectivity index (χ1v) is 5.85. The van der Waals surface area contributed by atoms with Gasteiger partial charge in [-0.25, -0.2) is 0 Å². The maximum Gasteiger partial charge on any atom is 0.0689 e. The average molecular weight is 195 g/mol. The molecule has 0 radical (unpaired) electrons. The van der Waals surface area contributed by atoms with E-state index in [2.05, 4.69) is 18.3 Å². The van der Waals surface area contributed by atoms with E-state index in [1.807, 2.05) is 0 Å². The van der Waals surface area contributed by atoms with Gasteiger partial charge in [0.1, 0.15) is 0 Å². The zero-order valence-corrected chi connectivity index (χ0v) is 9.09. The maximum atomic E-state index is 5.42. The molecule has 0 aromatic carbocycles. The first-order valence-electron chi connectivity index (χ1n) is 5.85. The molecule has 0 spiro atoms. The lowest BCUT2D eigenvalue weighted by Crippen LogP contribution is -2.33. The molecule has 0 saturated heterocycles. The summed E-state index contributed by atoms with van der Waals surface area (Å²) in [5.41, 5.74) is 1.44. The summed E-state index contributed by atoms with van der Waals surface area (Å²) in [5, 5.41) is 3.65. The number of hydrogen-bond donors (Lipinski definition) is 1. The van der Waals surface area contributed by atoms with Crippen molar-refractivity contribution in [3.8, 4) is 0 Å². The van der Waals surface area contributed by atoms with Crippen molar-refractivity contribution in [2.75, 3.05) is 19.8 Å². The number of ether oxygens (including phenoxy) is 1. The van der Waals surface area contributed by atoms with Crippen LogP contribution in [0.2, 0.25) is 0 Å². The Hall–Kier alpha value is -0.340. The minimum Gasteiger partial charge on any atom is -0.377 e. The second-order valence-corrected chi connectivity index (χ2v) is 4.60. The van der Waals surface area contributed by atoms with Gasteiger partial charge in [-0.15, -0.1) is 0 Å². The van der Waals surface area contributed by atoms with Crippen LogP contribution in [-0.4, -0.2) is 25.8 Å². The molecule has 2 atom stereocenters. The van der Waals surface area contributed by atoms with E-state index >= 15 is 0 Å². The molecule has 0 aromatic rings. The molecule has 0 bridgehead atoms. The second-order valence-electron chi connectivity index (χ2n) is 4.60. The van der Waals surface area contributed by atoms with Gasteiger partial charge in [0, 0.05) is 12.6 Å². The van der Waals surface area contributed by atoms with Gasteiger partial charge in [0.2, 0.25) is 0 Å². The van der Waals surface area contributed by atoms with Crippen LogP contribution in [0.15, 0.2) is 11.6 Å². The zero-order valence-electron chi connectivity index (χ0n) is 9.09. The molecule has 0 aromatic heterocycles. The van der Waals surface area contributed by atoms with Crippen LogP contribution < -0.4 is 5.32 Å². The lowest BCUT2D eigenvalue weighted by Gasteiger charge is -2.20. The standard InChI is InChI=1S/C12H21NO/c1-10-4-2-6-12(10)13-8-11-5-3-7-14-9-11/h5,10,12-13H,2-4,6-9H2,1H3. The van der Waals surface area contributed by atoms with Gasteiger partial charge in [-0.2, -0.15) is 0 Å². The minimum atomic E-state index is 0.748. The highest BCUT2D eigenvalue weighted by atomic mass is 16.5. The predicted molar refractivity (Wildman–Crippen MR) is 58.3 cm³/mol. The fourth-order valence-corrected chi connectivity index (χ4v) is 2.44. The quantitative estimate of drug-likeness (QED) is 0.696. The summed E-state index contributed by atoms with van der Waals surface area (Å²) in [5.74, 6) is 0.861. The van der Waals surface area contributed by atoms with Crippen molar-refractivity contribution >= 4 is 0 Å². The molecule has 2 aliphatic rings. The summed E-state index contributed by atoms with van der Waals surface area (Å²) in [7, 11) is 0. The molecule has 2 nitrogen and oxygen atoms in total. The molecule has 1 saturated carbocycles. The van der Waals surface area contributed by atoms with E-state index in [1.54, 1.807) is 0 Å². The molecule has 1 heterocycles. The predicted octanol–water partition coefficient (Wildman–Crippen LogP) is 2.11. The van der Waals surface area contributed by atoms with Crippen molar-refractivity contribution in [3.63, 3.8) is 0 Å². The first kappa shape index (κ1) is 10.2. The fraction of sp³-hybridized carbons (Fsp3) is 0.833. The van der Waals surface area contributed by atoms with Gasteiger partial charge in [-0.1, -0.05) is 19.4 Å². The molecular formula is C12H21NO. The Kier molecular flexibility index (Phi) is 3.60. The highest BCUT2D eigenvalue weighted by Gasteiger charge is 2.22. The number of hydrogen-bond acceptors (Lipinski definition) is 2. The minimum absolute atomic E-state index is 0.748. The van der Waals surface area contributed by atoms with Gasteiger partial charge in [0.05, 0.1) is 13.2 Å². The fourth-order valence-electron chi connectivity index (χ4n) is 2.44. The van der Waals surface area contributed by atoms with Gasteiger partial charge in [-0.05, 0) is 30.8 Å². The highest BCUT2D eigenvalue weighted by molar-refractivity contribution is 5.07. The van der Waals surface area contributed by atoms with Gasteiger partial charge >= 0.3 is 0 Å². The van der Waals surface area contributed by atoms with Gasteiger partial charge in [0.15, 0.2) is 0 Å². The molecule has 2 rings (SSSR count). The summed E-state index contributed by atoms with van der Waals surface area (Å²) in [4.78, 5) is 0. The topological polar surface area (TPSA) is 21.3 Å². The van der Waals surface area contributed by atoms with Crippen LogP contribution in [0.25, 0.3) is 0 Å². The van der Waals surface area contributed by atoms with Gasteiger partial charge < -0.3 is 10.1 Å². The van der Waals surface area contributed by atoms with Gasteiger partial charge in [-0.3, -0.25) is 0 Å². The van der Waals surface area contributed by atoms with Crippen LogP contribution in [0.4, 0.5) is 0 Å². The summed E-state index contributed by atoms with van der Waals surface area (Å²) in [6, 6.07) is 0.748. The van der Waals surface area contributed by atoms with Crippen LogP contribution in [0.1, 0.15) is 32.6 Å². The van der Waals surface area contributed by atoms with E-state index in [0.717, 1.165) is 38.1 Å². The summed E-state index contributed by atoms with van der Waals surface area (Å²) in [6.07, 6.45) is 7.57. The van der Waals surface area contributed by atoms with Crippen molar-refractivity contribution < 1.29 is 4.74 Å². The first-order chi connectivity index (χ1) is 6.86. The molecule has 1 aliphatic heterocycles. The lowest BCUT2D eigenvalue weighted by molar-refractivity contribution is 0.148. The van der Waals surface area contributed by atoms with Crippen molar-refractivity contribution in [2.45, 2.75) is 38.6 Å². The molecule has 14 heavy (non-hydrogen) atoms. The Bertz CT molecular complexity index is 212. The van der Waals surface area contributed by atoms with Crippen molar-refractivity contribution in [1.82, 2.24) is 5.32 Å². The van der Waals surface area contributed by atoms with Gasteiger partial charge in [0.25, 0.3) is 0 Å².